The number of aromatic nitrogens is 1. The molecule has 3 aromatic rings. The smallest absolute Gasteiger partial charge is 0.260 e. The zero-order valence-corrected chi connectivity index (χ0v) is 20.4. The highest BCUT2D eigenvalue weighted by Crippen LogP contribution is 2.41. The molecule has 1 aliphatic rings. The average Bonchev–Trinajstić information content (AvgIpc) is 3.14. The summed E-state index contributed by atoms with van der Waals surface area (Å²) in [5, 5.41) is 2.98. The fourth-order valence-electron chi connectivity index (χ4n) is 3.61. The summed E-state index contributed by atoms with van der Waals surface area (Å²) in [6.45, 7) is 6.32. The van der Waals surface area contributed by atoms with Crippen LogP contribution in [0.25, 0.3) is 0 Å². The van der Waals surface area contributed by atoms with E-state index in [-0.39, 0.29) is 22.4 Å². The average molecular weight is 501 g/mol. The Morgan fingerprint density at radius 1 is 1.23 bits per heavy atom. The maximum absolute atomic E-state index is 13.8. The second kappa shape index (κ2) is 10.4. The highest BCUT2D eigenvalue weighted by Gasteiger charge is 2.32. The van der Waals surface area contributed by atoms with Crippen LogP contribution in [0.1, 0.15) is 26.3 Å². The molecule has 1 aliphatic heterocycles. The van der Waals surface area contributed by atoms with E-state index in [2.05, 4.69) is 10.3 Å². The zero-order chi connectivity index (χ0) is 25.0. The van der Waals surface area contributed by atoms with Gasteiger partial charge in [0.1, 0.15) is 23.7 Å². The second-order valence-electron chi connectivity index (χ2n) is 8.70. The molecule has 0 radical (unpaired) electrons. The minimum Gasteiger partial charge on any atom is -0.488 e. The number of ether oxygens (including phenoxy) is 4. The van der Waals surface area contributed by atoms with E-state index in [1.54, 1.807) is 31.2 Å². The predicted molar refractivity (Wildman–Crippen MR) is 129 cm³/mol. The van der Waals surface area contributed by atoms with Gasteiger partial charge in [-0.05, 0) is 57.2 Å². The lowest BCUT2D eigenvalue weighted by Crippen LogP contribution is -2.38. The van der Waals surface area contributed by atoms with Crippen molar-refractivity contribution in [3.63, 3.8) is 0 Å². The summed E-state index contributed by atoms with van der Waals surface area (Å²) in [6, 6.07) is 13.4. The number of carbonyl (C=O) groups is 1. The third-order valence-electron chi connectivity index (χ3n) is 5.21. The van der Waals surface area contributed by atoms with E-state index in [0.29, 0.717) is 30.4 Å². The Balaban J connectivity index is 1.22. The van der Waals surface area contributed by atoms with Crippen LogP contribution in [0, 0.1) is 5.82 Å². The van der Waals surface area contributed by atoms with E-state index < -0.39 is 11.9 Å². The Hall–Kier alpha value is -3.52. The summed E-state index contributed by atoms with van der Waals surface area (Å²) < 4.78 is 36.8. The molecule has 2 aromatic carbocycles. The quantitative estimate of drug-likeness (QED) is 0.399. The van der Waals surface area contributed by atoms with E-state index in [9.17, 15) is 9.18 Å². The van der Waals surface area contributed by atoms with Gasteiger partial charge in [-0.3, -0.25) is 4.79 Å². The summed E-state index contributed by atoms with van der Waals surface area (Å²) in [7, 11) is 0. The van der Waals surface area contributed by atoms with Gasteiger partial charge in [0.2, 0.25) is 0 Å². The van der Waals surface area contributed by atoms with Gasteiger partial charge in [0.25, 0.3) is 11.8 Å². The Labute approximate surface area is 208 Å². The van der Waals surface area contributed by atoms with E-state index in [1.807, 2.05) is 32.0 Å². The van der Waals surface area contributed by atoms with Crippen molar-refractivity contribution in [2.45, 2.75) is 38.9 Å². The van der Waals surface area contributed by atoms with Crippen LogP contribution in [-0.2, 0) is 11.2 Å². The molecule has 0 saturated carbocycles. The van der Waals surface area contributed by atoms with Crippen molar-refractivity contribution in [3.05, 3.63) is 71.1 Å². The van der Waals surface area contributed by atoms with Gasteiger partial charge >= 0.3 is 0 Å². The number of hydrogen-bond acceptors (Lipinski definition) is 6. The molecule has 35 heavy (non-hydrogen) atoms. The van der Waals surface area contributed by atoms with Crippen molar-refractivity contribution >= 4 is 17.5 Å². The number of nitrogens with zero attached hydrogens (tertiary/aromatic N) is 1. The first-order valence-electron chi connectivity index (χ1n) is 11.2. The number of rotatable bonds is 9. The summed E-state index contributed by atoms with van der Waals surface area (Å²) in [5.74, 6) is 1.12. The van der Waals surface area contributed by atoms with Crippen molar-refractivity contribution < 1.29 is 28.1 Å². The molecule has 1 aromatic heterocycles. The number of pyridine rings is 1. The third kappa shape index (κ3) is 6.33. The van der Waals surface area contributed by atoms with Crippen LogP contribution >= 0.6 is 11.6 Å². The van der Waals surface area contributed by atoms with Crippen molar-refractivity contribution in [1.82, 2.24) is 10.3 Å². The molecule has 0 aliphatic carbocycles. The molecule has 184 valence electrons. The Morgan fingerprint density at radius 2 is 1.97 bits per heavy atom. The van der Waals surface area contributed by atoms with E-state index in [0.717, 1.165) is 23.8 Å². The Bertz CT molecular complexity index is 1200. The summed E-state index contributed by atoms with van der Waals surface area (Å²) in [6.07, 6.45) is 1.39. The molecule has 0 spiro atoms. The first kappa shape index (κ1) is 24.6. The molecule has 7 nitrogen and oxygen atoms in total. The lowest BCUT2D eigenvalue weighted by Gasteiger charge is -2.18. The molecule has 9 heteroatoms. The third-order valence-corrected chi connectivity index (χ3v) is 5.41. The minimum absolute atomic E-state index is 0.180. The fraction of sp³-hybridized carbons (Fsp3) is 0.308. The van der Waals surface area contributed by atoms with E-state index in [4.69, 9.17) is 30.5 Å². The second-order valence-corrected chi connectivity index (χ2v) is 9.13. The maximum atomic E-state index is 13.8. The number of nitrogens with one attached hydrogen (secondary N) is 1. The molecule has 0 bridgehead atoms. The fourth-order valence-corrected chi connectivity index (χ4v) is 3.76. The number of amides is 1. The molecule has 0 fully saturated rings. The molecule has 0 saturated heterocycles. The molecule has 1 unspecified atom stereocenters. The molecular formula is C26H26ClFN2O5. The standard InChI is InChI=1S/C26H26ClFN2O5/c1-16(33-19-7-9-20(10-8-19)34-25-21(28)13-18(27)15-30-25)24(31)29-11-12-32-22-6-4-5-17-14-26(2,3)35-23(17)22/h4-10,13,15-16H,11-12,14H2,1-3H3,(H,29,31). The van der Waals surface area contributed by atoms with Gasteiger partial charge in [-0.15, -0.1) is 0 Å². The van der Waals surface area contributed by atoms with Crippen LogP contribution in [0.2, 0.25) is 5.02 Å². The topological polar surface area (TPSA) is 78.9 Å². The first-order valence-corrected chi connectivity index (χ1v) is 11.5. The molecule has 1 atom stereocenters. The van der Waals surface area contributed by atoms with Crippen LogP contribution in [0.4, 0.5) is 4.39 Å². The van der Waals surface area contributed by atoms with E-state index in [1.165, 1.54) is 6.20 Å². The SMILES string of the molecule is CC(Oc1ccc(Oc2ncc(Cl)cc2F)cc1)C(=O)NCCOc1cccc2c1OC(C)(C)C2. The van der Waals surface area contributed by atoms with Crippen molar-refractivity contribution in [3.8, 4) is 28.9 Å². The van der Waals surface area contributed by atoms with Crippen LogP contribution in [-0.4, -0.2) is 35.7 Å². The molecular weight excluding hydrogens is 475 g/mol. The summed E-state index contributed by atoms with van der Waals surface area (Å²) >= 11 is 5.69. The van der Waals surface area contributed by atoms with Crippen LogP contribution < -0.4 is 24.3 Å². The number of halogens is 2. The van der Waals surface area contributed by atoms with Gasteiger partial charge in [-0.1, -0.05) is 23.7 Å². The van der Waals surface area contributed by atoms with Gasteiger partial charge in [-0.2, -0.15) is 0 Å². The highest BCUT2D eigenvalue weighted by molar-refractivity contribution is 6.30. The number of para-hydroxylation sites is 1. The number of carbonyl (C=O) groups excluding carboxylic acids is 1. The Kier molecular flexibility index (Phi) is 7.31. The van der Waals surface area contributed by atoms with Crippen molar-refractivity contribution in [2.75, 3.05) is 13.2 Å². The molecule has 1 amide bonds. The summed E-state index contributed by atoms with van der Waals surface area (Å²) in [5.41, 5.74) is 0.861. The summed E-state index contributed by atoms with van der Waals surface area (Å²) in [4.78, 5) is 16.2. The number of benzene rings is 2. The normalized spacial score (nSPS) is 14.4. The number of fused-ring (bicyclic) bond motifs is 1. The molecule has 2 heterocycles. The van der Waals surface area contributed by atoms with E-state index >= 15 is 0 Å². The molecule has 4 rings (SSSR count). The van der Waals surface area contributed by atoms with Crippen molar-refractivity contribution in [1.29, 1.82) is 0 Å². The van der Waals surface area contributed by atoms with Gasteiger partial charge in [0, 0.05) is 18.2 Å². The maximum Gasteiger partial charge on any atom is 0.260 e. The zero-order valence-electron chi connectivity index (χ0n) is 19.6. The predicted octanol–water partition coefficient (Wildman–Crippen LogP) is 5.34. The monoisotopic (exact) mass is 500 g/mol. The largest absolute Gasteiger partial charge is 0.488 e. The van der Waals surface area contributed by atoms with Crippen LogP contribution in [0.5, 0.6) is 28.9 Å². The molecule has 1 N–H and O–H groups in total. The Morgan fingerprint density at radius 3 is 2.71 bits per heavy atom. The minimum atomic E-state index is -0.734. The van der Waals surface area contributed by atoms with Crippen LogP contribution in [0.3, 0.4) is 0 Å². The lowest BCUT2D eigenvalue weighted by molar-refractivity contribution is -0.127. The lowest BCUT2D eigenvalue weighted by atomic mass is 10.0. The highest BCUT2D eigenvalue weighted by atomic mass is 35.5. The number of hydrogen-bond donors (Lipinski definition) is 1. The van der Waals surface area contributed by atoms with Crippen LogP contribution in [0.15, 0.2) is 54.7 Å². The van der Waals surface area contributed by atoms with Gasteiger partial charge in [0.15, 0.2) is 23.4 Å². The first-order chi connectivity index (χ1) is 16.7. The van der Waals surface area contributed by atoms with Gasteiger partial charge in [0.05, 0.1) is 11.6 Å². The van der Waals surface area contributed by atoms with Gasteiger partial charge in [-0.25, -0.2) is 9.37 Å². The van der Waals surface area contributed by atoms with Crippen molar-refractivity contribution in [2.24, 2.45) is 0 Å². The van der Waals surface area contributed by atoms with Gasteiger partial charge < -0.3 is 24.3 Å².